The van der Waals surface area contributed by atoms with Crippen molar-refractivity contribution < 1.29 is 13.2 Å². The van der Waals surface area contributed by atoms with E-state index in [2.05, 4.69) is 13.8 Å². The molecule has 0 aliphatic carbocycles. The smallest absolute Gasteiger partial charge is 0.209 e. The lowest BCUT2D eigenvalue weighted by Gasteiger charge is -2.20. The maximum atomic E-state index is 10.9. The van der Waals surface area contributed by atoms with E-state index in [1.165, 1.54) is 0 Å². The molecule has 0 amide bonds. The van der Waals surface area contributed by atoms with Crippen molar-refractivity contribution in [1.29, 1.82) is 0 Å². The van der Waals surface area contributed by atoms with Crippen LogP contribution >= 0.6 is 0 Å². The molecule has 0 aromatic carbocycles. The van der Waals surface area contributed by atoms with Gasteiger partial charge in [0.2, 0.25) is 10.0 Å². The van der Waals surface area contributed by atoms with Crippen molar-refractivity contribution in [2.45, 2.75) is 40.2 Å². The summed E-state index contributed by atoms with van der Waals surface area (Å²) in [5.41, 5.74) is 0. The first-order valence-electron chi connectivity index (χ1n) is 5.38. The van der Waals surface area contributed by atoms with Crippen LogP contribution in [0.4, 0.5) is 0 Å². The van der Waals surface area contributed by atoms with E-state index in [-0.39, 0.29) is 17.8 Å². The summed E-state index contributed by atoms with van der Waals surface area (Å²) in [6.45, 7) is 8.55. The maximum Gasteiger partial charge on any atom is 0.209 e. The van der Waals surface area contributed by atoms with Crippen LogP contribution in [-0.2, 0) is 14.8 Å². The number of rotatable bonds is 7. The van der Waals surface area contributed by atoms with Gasteiger partial charge in [0.1, 0.15) is 0 Å². The predicted octanol–water partition coefficient (Wildman–Crippen LogP) is 1.36. The molecule has 4 nitrogen and oxygen atoms in total. The Labute approximate surface area is 93.2 Å². The number of hydrogen-bond acceptors (Lipinski definition) is 3. The second-order valence-electron chi connectivity index (χ2n) is 4.39. The van der Waals surface area contributed by atoms with Crippen molar-refractivity contribution >= 4 is 10.0 Å². The number of nitrogens with two attached hydrogens (primary N) is 1. The Morgan fingerprint density at radius 3 is 2.13 bits per heavy atom. The number of sulfonamides is 1. The van der Waals surface area contributed by atoms with Gasteiger partial charge in [-0.2, -0.15) is 0 Å². The van der Waals surface area contributed by atoms with E-state index in [9.17, 15) is 8.42 Å². The third-order valence-corrected chi connectivity index (χ3v) is 3.52. The molecule has 0 spiro atoms. The van der Waals surface area contributed by atoms with E-state index >= 15 is 0 Å². The highest BCUT2D eigenvalue weighted by Gasteiger charge is 2.16. The molecule has 0 rings (SSSR count). The van der Waals surface area contributed by atoms with Crippen molar-refractivity contribution in [3.8, 4) is 0 Å². The molecule has 0 aromatic heterocycles. The SMILES string of the molecule is CCC(COC(C)C(C)C)CS(N)(=O)=O. The fourth-order valence-corrected chi connectivity index (χ4v) is 2.08. The molecule has 2 unspecified atom stereocenters. The van der Waals surface area contributed by atoms with Crippen LogP contribution in [-0.4, -0.2) is 26.9 Å². The molecule has 0 saturated carbocycles. The fraction of sp³-hybridized carbons (Fsp3) is 1.00. The molecule has 0 aromatic rings. The number of ether oxygens (including phenoxy) is 1. The molecule has 0 fully saturated rings. The summed E-state index contributed by atoms with van der Waals surface area (Å²) in [7, 11) is -3.38. The Morgan fingerprint density at radius 2 is 1.80 bits per heavy atom. The first-order valence-corrected chi connectivity index (χ1v) is 7.09. The molecular formula is C10H23NO3S. The van der Waals surface area contributed by atoms with Crippen LogP contribution in [0.15, 0.2) is 0 Å². The quantitative estimate of drug-likeness (QED) is 0.727. The van der Waals surface area contributed by atoms with Crippen LogP contribution < -0.4 is 5.14 Å². The number of primary sulfonamides is 1. The average Bonchev–Trinajstić information content (AvgIpc) is 2.09. The Hall–Kier alpha value is -0.130. The second-order valence-corrected chi connectivity index (χ2v) is 6.05. The van der Waals surface area contributed by atoms with Crippen LogP contribution in [0.5, 0.6) is 0 Å². The van der Waals surface area contributed by atoms with E-state index in [1.807, 2.05) is 13.8 Å². The van der Waals surface area contributed by atoms with Crippen LogP contribution in [0.1, 0.15) is 34.1 Å². The van der Waals surface area contributed by atoms with E-state index in [0.717, 1.165) is 6.42 Å². The third-order valence-electron chi connectivity index (χ3n) is 2.58. The molecule has 0 aliphatic heterocycles. The Kier molecular flexibility index (Phi) is 6.40. The first kappa shape index (κ1) is 14.9. The van der Waals surface area contributed by atoms with Gasteiger partial charge in [0.15, 0.2) is 0 Å². The second kappa shape index (κ2) is 6.45. The fourth-order valence-electron chi connectivity index (χ4n) is 1.09. The van der Waals surface area contributed by atoms with E-state index in [0.29, 0.717) is 12.5 Å². The van der Waals surface area contributed by atoms with Gasteiger partial charge in [0.25, 0.3) is 0 Å². The minimum atomic E-state index is -3.38. The highest BCUT2D eigenvalue weighted by atomic mass is 32.2. The molecule has 0 heterocycles. The molecule has 2 atom stereocenters. The molecule has 0 bridgehead atoms. The van der Waals surface area contributed by atoms with Gasteiger partial charge in [-0.05, 0) is 18.8 Å². The third kappa shape index (κ3) is 7.76. The Bertz CT molecular complexity index is 262. The number of hydrogen-bond donors (Lipinski definition) is 1. The van der Waals surface area contributed by atoms with Gasteiger partial charge in [-0.3, -0.25) is 0 Å². The van der Waals surface area contributed by atoms with Crippen molar-refractivity contribution in [2.24, 2.45) is 17.0 Å². The Balaban J connectivity index is 4.01. The van der Waals surface area contributed by atoms with Gasteiger partial charge >= 0.3 is 0 Å². The molecule has 2 N–H and O–H groups in total. The van der Waals surface area contributed by atoms with E-state index < -0.39 is 10.0 Å². The standard InChI is InChI=1S/C10H23NO3S/c1-5-10(7-15(11,12)13)6-14-9(4)8(2)3/h8-10H,5-7H2,1-4H3,(H2,11,12,13). The van der Waals surface area contributed by atoms with Crippen LogP contribution in [0, 0.1) is 11.8 Å². The van der Waals surface area contributed by atoms with Crippen molar-refractivity contribution in [3.05, 3.63) is 0 Å². The predicted molar refractivity (Wildman–Crippen MR) is 62.0 cm³/mol. The van der Waals surface area contributed by atoms with Crippen LogP contribution in [0.25, 0.3) is 0 Å². The zero-order valence-electron chi connectivity index (χ0n) is 10.1. The van der Waals surface area contributed by atoms with E-state index in [4.69, 9.17) is 9.88 Å². The highest BCUT2D eigenvalue weighted by Crippen LogP contribution is 2.11. The summed E-state index contributed by atoms with van der Waals surface area (Å²) in [5, 5.41) is 4.99. The first-order chi connectivity index (χ1) is 6.76. The van der Waals surface area contributed by atoms with Gasteiger partial charge in [-0.1, -0.05) is 27.2 Å². The molecule has 92 valence electrons. The maximum absolute atomic E-state index is 10.9. The monoisotopic (exact) mass is 237 g/mol. The lowest BCUT2D eigenvalue weighted by molar-refractivity contribution is 0.0168. The summed E-state index contributed by atoms with van der Waals surface area (Å²) >= 11 is 0. The van der Waals surface area contributed by atoms with Crippen LogP contribution in [0.3, 0.4) is 0 Å². The normalized spacial score (nSPS) is 16.7. The lowest BCUT2D eigenvalue weighted by atomic mass is 10.1. The minimum absolute atomic E-state index is 0.00111. The summed E-state index contributed by atoms with van der Waals surface area (Å²) in [4.78, 5) is 0. The topological polar surface area (TPSA) is 69.4 Å². The van der Waals surface area contributed by atoms with Crippen molar-refractivity contribution in [1.82, 2.24) is 0 Å². The van der Waals surface area contributed by atoms with E-state index in [1.54, 1.807) is 0 Å². The highest BCUT2D eigenvalue weighted by molar-refractivity contribution is 7.89. The minimum Gasteiger partial charge on any atom is -0.378 e. The van der Waals surface area contributed by atoms with Crippen molar-refractivity contribution in [2.75, 3.05) is 12.4 Å². The summed E-state index contributed by atoms with van der Waals surface area (Å²) < 4.78 is 27.4. The summed E-state index contributed by atoms with van der Waals surface area (Å²) in [5.74, 6) is 0.451. The molecule has 5 heteroatoms. The van der Waals surface area contributed by atoms with Gasteiger partial charge in [-0.25, -0.2) is 13.6 Å². The molecule has 0 radical (unpaired) electrons. The molecule has 0 aliphatic rings. The van der Waals surface area contributed by atoms with Gasteiger partial charge < -0.3 is 4.74 Å². The zero-order chi connectivity index (χ0) is 12.1. The zero-order valence-corrected chi connectivity index (χ0v) is 10.9. The van der Waals surface area contributed by atoms with Crippen LogP contribution in [0.2, 0.25) is 0 Å². The molecule has 15 heavy (non-hydrogen) atoms. The van der Waals surface area contributed by atoms with Gasteiger partial charge in [-0.15, -0.1) is 0 Å². The average molecular weight is 237 g/mol. The van der Waals surface area contributed by atoms with Gasteiger partial charge in [0.05, 0.1) is 18.5 Å². The molecule has 0 saturated heterocycles. The summed E-state index contributed by atoms with van der Waals surface area (Å²) in [6.07, 6.45) is 0.917. The Morgan fingerprint density at radius 1 is 1.27 bits per heavy atom. The molecular weight excluding hydrogens is 214 g/mol. The summed E-state index contributed by atoms with van der Waals surface area (Å²) in [6, 6.07) is 0. The van der Waals surface area contributed by atoms with Crippen molar-refractivity contribution in [3.63, 3.8) is 0 Å². The van der Waals surface area contributed by atoms with Gasteiger partial charge in [0, 0.05) is 0 Å². The lowest BCUT2D eigenvalue weighted by Crippen LogP contribution is -2.28. The largest absolute Gasteiger partial charge is 0.378 e.